The molecule has 2 aromatic rings. The molecule has 1 saturated heterocycles. The van der Waals surface area contributed by atoms with E-state index in [1.54, 1.807) is 7.05 Å². The normalized spacial score (nSPS) is 14.7. The number of hydrogen-bond donors (Lipinski definition) is 2. The van der Waals surface area contributed by atoms with E-state index in [4.69, 9.17) is 4.74 Å². The van der Waals surface area contributed by atoms with Crippen molar-refractivity contribution < 1.29 is 17.9 Å². The average Bonchev–Trinajstić information content (AvgIpc) is 2.77. The van der Waals surface area contributed by atoms with Crippen molar-refractivity contribution >= 4 is 35.6 Å². The Morgan fingerprint density at radius 3 is 2.16 bits per heavy atom. The highest BCUT2D eigenvalue weighted by Gasteiger charge is 2.29. The SMILES string of the molecule is CN=C(NCCc1ccc(C(F)(F)F)cc1)NCc1ccc(N2CCOCC2)cc1.I. The van der Waals surface area contributed by atoms with E-state index in [1.165, 1.54) is 17.8 Å². The Morgan fingerprint density at radius 1 is 0.968 bits per heavy atom. The molecular formula is C22H28F3IN4O. The van der Waals surface area contributed by atoms with Crippen LogP contribution in [0, 0.1) is 0 Å². The first-order valence-corrected chi connectivity index (χ1v) is 9.98. The molecule has 1 heterocycles. The molecule has 2 N–H and O–H groups in total. The minimum absolute atomic E-state index is 0. The molecule has 31 heavy (non-hydrogen) atoms. The maximum atomic E-state index is 12.6. The molecule has 170 valence electrons. The Labute approximate surface area is 198 Å². The zero-order valence-corrected chi connectivity index (χ0v) is 19.7. The van der Waals surface area contributed by atoms with Crippen molar-refractivity contribution in [1.82, 2.24) is 10.6 Å². The van der Waals surface area contributed by atoms with Crippen molar-refractivity contribution in [3.8, 4) is 0 Å². The maximum Gasteiger partial charge on any atom is 0.416 e. The first-order valence-electron chi connectivity index (χ1n) is 9.98. The van der Waals surface area contributed by atoms with Crippen LogP contribution in [-0.2, 0) is 23.9 Å². The van der Waals surface area contributed by atoms with Crippen LogP contribution >= 0.6 is 24.0 Å². The van der Waals surface area contributed by atoms with Crippen molar-refractivity contribution in [2.45, 2.75) is 19.1 Å². The monoisotopic (exact) mass is 548 g/mol. The molecule has 0 aromatic heterocycles. The number of rotatable bonds is 6. The quantitative estimate of drug-likeness (QED) is 0.325. The van der Waals surface area contributed by atoms with Crippen molar-refractivity contribution in [2.75, 3.05) is 44.8 Å². The zero-order chi connectivity index (χ0) is 21.4. The lowest BCUT2D eigenvalue weighted by atomic mass is 10.1. The fraction of sp³-hybridized carbons (Fsp3) is 0.409. The van der Waals surface area contributed by atoms with E-state index < -0.39 is 11.7 Å². The van der Waals surface area contributed by atoms with E-state index >= 15 is 0 Å². The van der Waals surface area contributed by atoms with Crippen LogP contribution in [0.2, 0.25) is 0 Å². The number of hydrogen-bond acceptors (Lipinski definition) is 3. The van der Waals surface area contributed by atoms with Crippen LogP contribution in [0.25, 0.3) is 0 Å². The van der Waals surface area contributed by atoms with Gasteiger partial charge in [-0.05, 0) is 41.8 Å². The van der Waals surface area contributed by atoms with Crippen LogP contribution in [0.15, 0.2) is 53.5 Å². The van der Waals surface area contributed by atoms with Gasteiger partial charge in [-0.3, -0.25) is 4.99 Å². The van der Waals surface area contributed by atoms with Gasteiger partial charge in [-0.25, -0.2) is 0 Å². The summed E-state index contributed by atoms with van der Waals surface area (Å²) in [5.74, 6) is 0.652. The third kappa shape index (κ3) is 7.88. The van der Waals surface area contributed by atoms with Gasteiger partial charge in [0.25, 0.3) is 0 Å². The molecule has 0 spiro atoms. The number of nitrogens with zero attached hydrogens (tertiary/aromatic N) is 2. The third-order valence-electron chi connectivity index (χ3n) is 4.98. The standard InChI is InChI=1S/C22H27F3N4O.HI/c1-26-21(27-11-10-17-2-6-19(7-3-17)22(23,24)25)28-16-18-4-8-20(9-5-18)29-12-14-30-15-13-29;/h2-9H,10-16H2,1H3,(H2,26,27,28);1H. The van der Waals surface area contributed by atoms with E-state index in [2.05, 4.69) is 44.8 Å². The summed E-state index contributed by atoms with van der Waals surface area (Å²) in [5, 5.41) is 6.45. The van der Waals surface area contributed by atoms with Gasteiger partial charge in [-0.1, -0.05) is 24.3 Å². The summed E-state index contributed by atoms with van der Waals surface area (Å²) < 4.78 is 43.2. The fourth-order valence-corrected chi connectivity index (χ4v) is 3.24. The second-order valence-corrected chi connectivity index (χ2v) is 7.06. The van der Waals surface area contributed by atoms with E-state index in [-0.39, 0.29) is 24.0 Å². The Balaban J connectivity index is 0.00000341. The smallest absolute Gasteiger partial charge is 0.378 e. The van der Waals surface area contributed by atoms with Crippen LogP contribution in [0.5, 0.6) is 0 Å². The minimum atomic E-state index is -4.30. The summed E-state index contributed by atoms with van der Waals surface area (Å²) in [6.45, 7) is 4.54. The van der Waals surface area contributed by atoms with Gasteiger partial charge in [0, 0.05) is 38.9 Å². The lowest BCUT2D eigenvalue weighted by Gasteiger charge is -2.28. The van der Waals surface area contributed by atoms with Gasteiger partial charge in [0.15, 0.2) is 5.96 Å². The third-order valence-corrected chi connectivity index (χ3v) is 4.98. The highest BCUT2D eigenvalue weighted by atomic mass is 127. The van der Waals surface area contributed by atoms with Gasteiger partial charge in [-0.2, -0.15) is 13.2 Å². The van der Waals surface area contributed by atoms with Crippen LogP contribution in [0.3, 0.4) is 0 Å². The second-order valence-electron chi connectivity index (χ2n) is 7.06. The van der Waals surface area contributed by atoms with Gasteiger partial charge in [-0.15, -0.1) is 24.0 Å². The Morgan fingerprint density at radius 2 is 1.58 bits per heavy atom. The first kappa shape index (κ1) is 25.3. The maximum absolute atomic E-state index is 12.6. The number of anilines is 1. The number of nitrogens with one attached hydrogen (secondary N) is 2. The van der Waals surface area contributed by atoms with Gasteiger partial charge >= 0.3 is 6.18 Å². The molecule has 3 rings (SSSR count). The molecule has 0 saturated carbocycles. The molecule has 1 aliphatic heterocycles. The number of aliphatic imine (C=N–C) groups is 1. The molecule has 9 heteroatoms. The van der Waals surface area contributed by atoms with Gasteiger partial charge in [0.05, 0.1) is 18.8 Å². The zero-order valence-electron chi connectivity index (χ0n) is 17.4. The lowest BCUT2D eigenvalue weighted by Crippen LogP contribution is -2.38. The molecular weight excluding hydrogens is 520 g/mol. The number of guanidine groups is 1. The highest BCUT2D eigenvalue weighted by Crippen LogP contribution is 2.29. The van der Waals surface area contributed by atoms with Crippen LogP contribution in [0.1, 0.15) is 16.7 Å². The summed E-state index contributed by atoms with van der Waals surface area (Å²) in [4.78, 5) is 6.50. The Kier molecular flexibility index (Phi) is 9.89. The predicted molar refractivity (Wildman–Crippen MR) is 128 cm³/mol. The first-order chi connectivity index (χ1) is 14.5. The van der Waals surface area contributed by atoms with E-state index in [0.717, 1.165) is 49.6 Å². The Bertz CT molecular complexity index is 820. The number of alkyl halides is 3. The fourth-order valence-electron chi connectivity index (χ4n) is 3.24. The van der Waals surface area contributed by atoms with Crippen LogP contribution < -0.4 is 15.5 Å². The molecule has 1 aliphatic rings. The summed E-state index contributed by atoms with van der Waals surface area (Å²) >= 11 is 0. The molecule has 0 aliphatic carbocycles. The van der Waals surface area contributed by atoms with Crippen LogP contribution in [-0.4, -0.2) is 45.9 Å². The number of morpholine rings is 1. The van der Waals surface area contributed by atoms with E-state index in [1.807, 2.05) is 0 Å². The topological polar surface area (TPSA) is 48.9 Å². The lowest BCUT2D eigenvalue weighted by molar-refractivity contribution is -0.137. The molecule has 1 fully saturated rings. The van der Waals surface area contributed by atoms with Crippen molar-refractivity contribution in [2.24, 2.45) is 4.99 Å². The summed E-state index contributed by atoms with van der Waals surface area (Å²) in [7, 11) is 1.69. The van der Waals surface area contributed by atoms with Gasteiger partial charge < -0.3 is 20.3 Å². The molecule has 5 nitrogen and oxygen atoms in total. The van der Waals surface area contributed by atoms with Gasteiger partial charge in [0.2, 0.25) is 0 Å². The molecule has 0 amide bonds. The molecule has 0 radical (unpaired) electrons. The second kappa shape index (κ2) is 12.1. The molecule has 0 atom stereocenters. The predicted octanol–water partition coefficient (Wildman–Crippen LogP) is 4.07. The summed E-state index contributed by atoms with van der Waals surface area (Å²) in [6.07, 6.45) is -3.70. The van der Waals surface area contributed by atoms with Crippen LogP contribution in [0.4, 0.5) is 18.9 Å². The molecule has 0 unspecified atom stereocenters. The number of ether oxygens (including phenoxy) is 1. The minimum Gasteiger partial charge on any atom is -0.378 e. The molecule has 0 bridgehead atoms. The summed E-state index contributed by atoms with van der Waals surface area (Å²) in [5.41, 5.74) is 2.54. The Hall–Kier alpha value is -2.01. The number of halogens is 4. The average molecular weight is 548 g/mol. The highest BCUT2D eigenvalue weighted by molar-refractivity contribution is 14.0. The van der Waals surface area contributed by atoms with Crippen molar-refractivity contribution in [3.63, 3.8) is 0 Å². The van der Waals surface area contributed by atoms with Gasteiger partial charge in [0.1, 0.15) is 0 Å². The summed E-state index contributed by atoms with van der Waals surface area (Å²) in [6, 6.07) is 13.7. The van der Waals surface area contributed by atoms with E-state index in [9.17, 15) is 13.2 Å². The van der Waals surface area contributed by atoms with Crippen molar-refractivity contribution in [3.05, 3.63) is 65.2 Å². The van der Waals surface area contributed by atoms with Crippen molar-refractivity contribution in [1.29, 1.82) is 0 Å². The number of benzene rings is 2. The van der Waals surface area contributed by atoms with E-state index in [0.29, 0.717) is 25.5 Å². The largest absolute Gasteiger partial charge is 0.416 e. The molecule has 2 aromatic carbocycles.